The fraction of sp³-hybridized carbons (Fsp3) is 0.154. The summed E-state index contributed by atoms with van der Waals surface area (Å²) in [7, 11) is 0. The quantitative estimate of drug-likeness (QED) is 0.491. The fourth-order valence-corrected chi connectivity index (χ4v) is 5.03. The first-order valence-electron chi connectivity index (χ1n) is 10.9. The van der Waals surface area contributed by atoms with Gasteiger partial charge in [0.25, 0.3) is 5.91 Å². The van der Waals surface area contributed by atoms with Gasteiger partial charge in [0.2, 0.25) is 5.91 Å². The number of nitrogens with one attached hydrogen (secondary N) is 1. The molecule has 170 valence electrons. The second kappa shape index (κ2) is 9.44. The highest BCUT2D eigenvalue weighted by molar-refractivity contribution is 8.15. The second-order valence-corrected chi connectivity index (χ2v) is 9.47. The van der Waals surface area contributed by atoms with Crippen molar-refractivity contribution in [2.45, 2.75) is 24.6 Å². The lowest BCUT2D eigenvalue weighted by Crippen LogP contribution is -2.41. The van der Waals surface area contributed by atoms with E-state index in [-0.39, 0.29) is 11.8 Å². The van der Waals surface area contributed by atoms with Gasteiger partial charge < -0.3 is 5.32 Å². The molecule has 0 bridgehead atoms. The number of carbonyl (C=O) groups is 2. The third-order valence-electron chi connectivity index (χ3n) is 5.61. The third-order valence-corrected chi connectivity index (χ3v) is 7.18. The zero-order chi connectivity index (χ0) is 23.7. The summed E-state index contributed by atoms with van der Waals surface area (Å²) in [5, 5.41) is 3.53. The van der Waals surface area contributed by atoms with Crippen LogP contribution in [0.2, 0.25) is 5.02 Å². The maximum absolute atomic E-state index is 13.5. The molecule has 3 aromatic carbocycles. The van der Waals surface area contributed by atoms with Crippen LogP contribution in [0.3, 0.4) is 0 Å². The Labute approximate surface area is 206 Å². The zero-order valence-electron chi connectivity index (χ0n) is 18.3. The molecule has 34 heavy (non-hydrogen) atoms. The van der Waals surface area contributed by atoms with Gasteiger partial charge in [-0.25, -0.2) is 14.9 Å². The van der Waals surface area contributed by atoms with Crippen molar-refractivity contribution < 1.29 is 9.59 Å². The summed E-state index contributed by atoms with van der Waals surface area (Å²) in [4.78, 5) is 37.7. The molecule has 8 heteroatoms. The molecule has 0 fully saturated rings. The number of amidine groups is 2. The van der Waals surface area contributed by atoms with E-state index in [1.807, 2.05) is 61.5 Å². The van der Waals surface area contributed by atoms with Gasteiger partial charge in [-0.2, -0.15) is 0 Å². The molecule has 0 spiro atoms. The monoisotopic (exact) mass is 488 g/mol. The Bertz CT molecular complexity index is 1310. The minimum absolute atomic E-state index is 0.166. The van der Waals surface area contributed by atoms with Gasteiger partial charge in [0.05, 0.1) is 10.9 Å². The van der Waals surface area contributed by atoms with E-state index in [1.54, 1.807) is 29.2 Å². The van der Waals surface area contributed by atoms with Crippen LogP contribution < -0.4 is 5.32 Å². The van der Waals surface area contributed by atoms with E-state index in [2.05, 4.69) is 5.32 Å². The minimum Gasteiger partial charge on any atom is -0.325 e. The van der Waals surface area contributed by atoms with E-state index in [0.29, 0.717) is 28.1 Å². The van der Waals surface area contributed by atoms with Crippen LogP contribution in [0.4, 0.5) is 11.4 Å². The summed E-state index contributed by atoms with van der Waals surface area (Å²) >= 11 is 7.22. The van der Waals surface area contributed by atoms with E-state index < -0.39 is 11.3 Å². The summed E-state index contributed by atoms with van der Waals surface area (Å²) in [6.07, 6.45) is 0.557. The van der Waals surface area contributed by atoms with Crippen LogP contribution in [0.5, 0.6) is 0 Å². The van der Waals surface area contributed by atoms with Gasteiger partial charge in [0.15, 0.2) is 11.2 Å². The number of nitrogens with zero attached hydrogens (tertiary/aromatic N) is 3. The van der Waals surface area contributed by atoms with Crippen molar-refractivity contribution in [1.82, 2.24) is 4.90 Å². The van der Waals surface area contributed by atoms with Crippen molar-refractivity contribution in [3.05, 3.63) is 95.0 Å². The molecule has 0 radical (unpaired) electrons. The normalized spacial score (nSPS) is 17.4. The molecule has 3 aromatic rings. The Balaban J connectivity index is 1.45. The summed E-state index contributed by atoms with van der Waals surface area (Å²) < 4.78 is 0. The van der Waals surface area contributed by atoms with E-state index in [0.717, 1.165) is 16.8 Å². The van der Waals surface area contributed by atoms with Crippen LogP contribution in [-0.4, -0.2) is 33.0 Å². The van der Waals surface area contributed by atoms with Crippen molar-refractivity contribution in [3.8, 4) is 0 Å². The highest BCUT2D eigenvalue weighted by Gasteiger charge is 2.43. The molecule has 6 nitrogen and oxygen atoms in total. The van der Waals surface area contributed by atoms with Gasteiger partial charge >= 0.3 is 0 Å². The number of rotatable bonds is 5. The highest BCUT2D eigenvalue weighted by Crippen LogP contribution is 2.38. The number of para-hydroxylation sites is 1. The Morgan fingerprint density at radius 3 is 2.50 bits per heavy atom. The smallest absolute Gasteiger partial charge is 0.263 e. The van der Waals surface area contributed by atoms with Gasteiger partial charge in [-0.05, 0) is 48.4 Å². The van der Waals surface area contributed by atoms with Crippen molar-refractivity contribution in [2.75, 3.05) is 5.32 Å². The lowest BCUT2D eigenvalue weighted by Gasteiger charge is -2.27. The highest BCUT2D eigenvalue weighted by atomic mass is 35.5. The summed E-state index contributed by atoms with van der Waals surface area (Å²) in [6, 6.07) is 23.4. The van der Waals surface area contributed by atoms with Crippen LogP contribution in [0.25, 0.3) is 0 Å². The van der Waals surface area contributed by atoms with E-state index >= 15 is 0 Å². The molecular formula is C26H21ClN4O2S. The third kappa shape index (κ3) is 4.24. The Morgan fingerprint density at radius 2 is 1.76 bits per heavy atom. The minimum atomic E-state index is -0.642. The number of hydrogen-bond acceptors (Lipinski definition) is 5. The molecule has 1 N–H and O–H groups in total. The molecule has 0 aromatic heterocycles. The average Bonchev–Trinajstić information content (AvgIpc) is 3.22. The number of aliphatic imine (C=N–C) groups is 2. The number of hydrogen-bond donors (Lipinski definition) is 1. The van der Waals surface area contributed by atoms with Crippen molar-refractivity contribution in [1.29, 1.82) is 0 Å². The molecule has 0 saturated carbocycles. The molecule has 5 rings (SSSR count). The van der Waals surface area contributed by atoms with Crippen molar-refractivity contribution in [3.63, 3.8) is 0 Å². The first-order chi connectivity index (χ1) is 16.5. The molecule has 2 atom stereocenters. The van der Waals surface area contributed by atoms with Crippen molar-refractivity contribution >= 4 is 57.6 Å². The Kier molecular flexibility index (Phi) is 6.22. The predicted octanol–water partition coefficient (Wildman–Crippen LogP) is 5.82. The number of anilines is 1. The maximum atomic E-state index is 13.5. The van der Waals surface area contributed by atoms with E-state index in [4.69, 9.17) is 21.6 Å². The molecular weight excluding hydrogens is 468 g/mol. The standard InChI is InChI=1S/C26H21ClN4O2S/c1-2-21(24(32)28-18-14-12-17(27)13-15-18)34-26-29-20-11-7-6-10-19(20)23-30-22(25(33)31(23)26)16-8-4-3-5-9-16/h3-15,21-22H,2H2,1H3,(H,28,32). The molecule has 2 heterocycles. The van der Waals surface area contributed by atoms with Gasteiger partial charge in [0, 0.05) is 16.3 Å². The number of benzene rings is 3. The van der Waals surface area contributed by atoms with E-state index in [1.165, 1.54) is 11.8 Å². The zero-order valence-corrected chi connectivity index (χ0v) is 19.9. The van der Waals surface area contributed by atoms with Crippen LogP contribution in [-0.2, 0) is 9.59 Å². The van der Waals surface area contributed by atoms with Gasteiger partial charge in [0.1, 0.15) is 5.84 Å². The average molecular weight is 489 g/mol. The first kappa shape index (κ1) is 22.4. The van der Waals surface area contributed by atoms with Gasteiger partial charge in [-0.15, -0.1) is 0 Å². The van der Waals surface area contributed by atoms with Crippen molar-refractivity contribution in [2.24, 2.45) is 9.98 Å². The fourth-order valence-electron chi connectivity index (χ4n) is 3.89. The van der Waals surface area contributed by atoms with E-state index in [9.17, 15) is 9.59 Å². The van der Waals surface area contributed by atoms with Crippen LogP contribution in [0, 0.1) is 0 Å². The number of carbonyl (C=O) groups excluding carboxylic acids is 2. The molecule has 2 amide bonds. The number of halogens is 1. The lowest BCUT2D eigenvalue weighted by atomic mass is 10.1. The molecule has 0 saturated heterocycles. The first-order valence-corrected chi connectivity index (χ1v) is 12.2. The predicted molar refractivity (Wildman–Crippen MR) is 138 cm³/mol. The maximum Gasteiger partial charge on any atom is 0.263 e. The number of fused-ring (bicyclic) bond motifs is 3. The summed E-state index contributed by atoms with van der Waals surface area (Å²) in [5.41, 5.74) is 3.02. The van der Waals surface area contributed by atoms with Crippen LogP contribution in [0.1, 0.15) is 30.5 Å². The SMILES string of the molecule is CCC(SC1=Nc2ccccc2C2=NC(c3ccccc3)C(=O)N12)C(=O)Nc1ccc(Cl)cc1. The second-order valence-electron chi connectivity index (χ2n) is 7.86. The Hall–Kier alpha value is -3.42. The van der Waals surface area contributed by atoms with Crippen LogP contribution >= 0.6 is 23.4 Å². The van der Waals surface area contributed by atoms with Crippen LogP contribution in [0.15, 0.2) is 88.8 Å². The lowest BCUT2D eigenvalue weighted by molar-refractivity contribution is -0.124. The molecule has 0 aliphatic carbocycles. The number of thioether (sulfide) groups is 1. The molecule has 2 unspecified atom stereocenters. The topological polar surface area (TPSA) is 74.1 Å². The summed E-state index contributed by atoms with van der Waals surface area (Å²) in [5.74, 6) is 0.232. The summed E-state index contributed by atoms with van der Waals surface area (Å²) in [6.45, 7) is 1.93. The van der Waals surface area contributed by atoms with Gasteiger partial charge in [-0.1, -0.05) is 72.8 Å². The van der Waals surface area contributed by atoms with Gasteiger partial charge in [-0.3, -0.25) is 9.59 Å². The molecule has 2 aliphatic heterocycles. The number of amides is 2. The largest absolute Gasteiger partial charge is 0.325 e. The molecule has 2 aliphatic rings. The Morgan fingerprint density at radius 1 is 1.06 bits per heavy atom.